The van der Waals surface area contributed by atoms with Crippen molar-refractivity contribution in [3.8, 4) is 0 Å². The highest BCUT2D eigenvalue weighted by Crippen LogP contribution is 2.21. The molecule has 0 spiro atoms. The maximum atomic E-state index is 13.5. The second kappa shape index (κ2) is 10.2. The molecule has 0 radical (unpaired) electrons. The van der Waals surface area contributed by atoms with Crippen LogP contribution in [-0.2, 0) is 11.8 Å². The van der Waals surface area contributed by atoms with Gasteiger partial charge in [-0.1, -0.05) is 12.1 Å². The topological polar surface area (TPSA) is 59.0 Å². The summed E-state index contributed by atoms with van der Waals surface area (Å²) in [6.45, 7) is 0.586. The van der Waals surface area contributed by atoms with Crippen LogP contribution in [0.25, 0.3) is 0 Å². The monoisotopic (exact) mass is 362 g/mol. The van der Waals surface area contributed by atoms with E-state index in [0.29, 0.717) is 24.4 Å². The van der Waals surface area contributed by atoms with Gasteiger partial charge >= 0.3 is 0 Å². The third-order valence-corrected chi connectivity index (χ3v) is 3.21. The Hall–Kier alpha value is -1.63. The molecule has 0 saturated heterocycles. The van der Waals surface area contributed by atoms with Crippen LogP contribution in [0, 0.1) is 5.82 Å². The van der Waals surface area contributed by atoms with Gasteiger partial charge in [0, 0.05) is 32.4 Å². The van der Waals surface area contributed by atoms with Crippen LogP contribution in [0.15, 0.2) is 36.7 Å². The molecule has 0 aliphatic carbocycles. The molecule has 5 nitrogen and oxygen atoms in total. The molecule has 1 amide bonds. The molecule has 23 heavy (non-hydrogen) atoms. The number of imidazole rings is 1. The van der Waals surface area contributed by atoms with Gasteiger partial charge in [-0.05, 0) is 24.7 Å². The van der Waals surface area contributed by atoms with Crippen molar-refractivity contribution in [2.24, 2.45) is 7.05 Å². The highest BCUT2D eigenvalue weighted by molar-refractivity contribution is 5.85. The zero-order valence-corrected chi connectivity index (χ0v) is 14.6. The molecule has 1 aromatic carbocycles. The van der Waals surface area contributed by atoms with E-state index in [1.54, 1.807) is 31.6 Å². The van der Waals surface area contributed by atoms with Crippen molar-refractivity contribution in [3.05, 3.63) is 53.9 Å². The molecule has 0 aliphatic rings. The molecule has 0 saturated carbocycles. The average molecular weight is 363 g/mol. The molecule has 2 rings (SSSR count). The maximum Gasteiger partial charge on any atom is 0.222 e. The predicted octanol–water partition coefficient (Wildman–Crippen LogP) is 2.22. The number of nitrogens with zero attached hydrogens (tertiary/aromatic N) is 2. The molecule has 1 unspecified atom stereocenters. The van der Waals surface area contributed by atoms with E-state index < -0.39 is 6.04 Å². The Kier molecular flexibility index (Phi) is 9.48. The summed E-state index contributed by atoms with van der Waals surface area (Å²) in [4.78, 5) is 16.3. The quantitative estimate of drug-likeness (QED) is 0.828. The van der Waals surface area contributed by atoms with Gasteiger partial charge in [0.1, 0.15) is 17.7 Å². The minimum atomic E-state index is -0.468. The molecule has 2 aromatic rings. The molecule has 1 heterocycles. The number of aryl methyl sites for hydroxylation is 1. The lowest BCUT2D eigenvalue weighted by Gasteiger charge is -2.19. The third kappa shape index (κ3) is 5.82. The molecule has 1 aromatic heterocycles. The lowest BCUT2D eigenvalue weighted by atomic mass is 10.1. The van der Waals surface area contributed by atoms with Crippen molar-refractivity contribution < 1.29 is 9.18 Å². The van der Waals surface area contributed by atoms with Crippen LogP contribution in [0.2, 0.25) is 0 Å². The molecular weight excluding hydrogens is 342 g/mol. The molecule has 0 aliphatic heterocycles. The van der Waals surface area contributed by atoms with Gasteiger partial charge in [0.2, 0.25) is 5.91 Å². The summed E-state index contributed by atoms with van der Waals surface area (Å²) in [5.74, 6) is 0.219. The highest BCUT2D eigenvalue weighted by atomic mass is 35.5. The lowest BCUT2D eigenvalue weighted by Crippen LogP contribution is -2.32. The number of benzene rings is 1. The minimum Gasteiger partial charge on any atom is -0.342 e. The summed E-state index contributed by atoms with van der Waals surface area (Å²) >= 11 is 0. The number of halogens is 3. The highest BCUT2D eigenvalue weighted by Gasteiger charge is 2.20. The van der Waals surface area contributed by atoms with Gasteiger partial charge in [0.05, 0.1) is 0 Å². The Morgan fingerprint density at radius 3 is 2.70 bits per heavy atom. The Balaban J connectivity index is 0.00000242. The SMILES string of the molecule is CNCCC(=O)NC(c1cccc(F)c1)c1nccn1C.Cl.Cl. The first-order valence-corrected chi connectivity index (χ1v) is 6.78. The standard InChI is InChI=1S/C15H19FN4O.2ClH/c1-17-7-6-13(21)19-14(15-18-8-9-20(15)2)11-4-3-5-12(16)10-11;;/h3-5,8-10,14,17H,6-7H2,1-2H3,(H,19,21);2*1H. The van der Waals surface area contributed by atoms with Crippen LogP contribution in [-0.4, -0.2) is 29.1 Å². The van der Waals surface area contributed by atoms with Gasteiger partial charge in [0.15, 0.2) is 0 Å². The first-order chi connectivity index (χ1) is 10.1. The second-order valence-corrected chi connectivity index (χ2v) is 4.81. The number of amides is 1. The van der Waals surface area contributed by atoms with Crippen molar-refractivity contribution >= 4 is 30.7 Å². The number of nitrogens with one attached hydrogen (secondary N) is 2. The molecule has 1 atom stereocenters. The molecule has 0 bridgehead atoms. The van der Waals surface area contributed by atoms with Gasteiger partial charge in [-0.3, -0.25) is 4.79 Å². The van der Waals surface area contributed by atoms with Crippen molar-refractivity contribution in [3.63, 3.8) is 0 Å². The van der Waals surface area contributed by atoms with Crippen molar-refractivity contribution in [1.82, 2.24) is 20.2 Å². The van der Waals surface area contributed by atoms with E-state index in [2.05, 4.69) is 15.6 Å². The molecule has 8 heteroatoms. The van der Waals surface area contributed by atoms with Gasteiger partial charge in [0.25, 0.3) is 0 Å². The number of rotatable bonds is 6. The molecule has 0 fully saturated rings. The lowest BCUT2D eigenvalue weighted by molar-refractivity contribution is -0.121. The number of hydrogen-bond donors (Lipinski definition) is 2. The second-order valence-electron chi connectivity index (χ2n) is 4.81. The summed E-state index contributed by atoms with van der Waals surface area (Å²) in [7, 11) is 3.63. The smallest absolute Gasteiger partial charge is 0.222 e. The van der Waals surface area contributed by atoms with E-state index in [1.165, 1.54) is 12.1 Å². The Morgan fingerprint density at radius 1 is 1.39 bits per heavy atom. The fourth-order valence-corrected chi connectivity index (χ4v) is 2.11. The summed E-state index contributed by atoms with van der Waals surface area (Å²) < 4.78 is 15.3. The predicted molar refractivity (Wildman–Crippen MR) is 92.6 cm³/mol. The normalized spacial score (nSPS) is 11.1. The number of aromatic nitrogens is 2. The number of hydrogen-bond acceptors (Lipinski definition) is 3. The van der Waals surface area contributed by atoms with Crippen molar-refractivity contribution in [2.75, 3.05) is 13.6 Å². The van der Waals surface area contributed by atoms with Crippen LogP contribution in [0.4, 0.5) is 4.39 Å². The largest absolute Gasteiger partial charge is 0.342 e. The number of carbonyl (C=O) groups is 1. The molecule has 128 valence electrons. The van der Waals surface area contributed by atoms with Gasteiger partial charge < -0.3 is 15.2 Å². The fourth-order valence-electron chi connectivity index (χ4n) is 2.11. The van der Waals surface area contributed by atoms with E-state index in [1.807, 2.05) is 11.6 Å². The van der Waals surface area contributed by atoms with E-state index in [4.69, 9.17) is 0 Å². The van der Waals surface area contributed by atoms with E-state index in [9.17, 15) is 9.18 Å². The van der Waals surface area contributed by atoms with E-state index in [-0.39, 0.29) is 36.5 Å². The van der Waals surface area contributed by atoms with Crippen LogP contribution < -0.4 is 10.6 Å². The van der Waals surface area contributed by atoms with Gasteiger partial charge in [-0.15, -0.1) is 24.8 Å². The molecular formula is C15H21Cl2FN4O. The Morgan fingerprint density at radius 2 is 2.13 bits per heavy atom. The van der Waals surface area contributed by atoms with Crippen molar-refractivity contribution in [1.29, 1.82) is 0 Å². The van der Waals surface area contributed by atoms with Crippen LogP contribution >= 0.6 is 24.8 Å². The summed E-state index contributed by atoms with van der Waals surface area (Å²) in [5.41, 5.74) is 0.669. The first-order valence-electron chi connectivity index (χ1n) is 6.78. The van der Waals surface area contributed by atoms with Gasteiger partial charge in [-0.2, -0.15) is 0 Å². The zero-order chi connectivity index (χ0) is 15.2. The Labute approximate surface area is 147 Å². The maximum absolute atomic E-state index is 13.5. The molecule has 2 N–H and O–H groups in total. The first kappa shape index (κ1) is 21.4. The zero-order valence-electron chi connectivity index (χ0n) is 13.0. The van der Waals surface area contributed by atoms with E-state index >= 15 is 0 Å². The van der Waals surface area contributed by atoms with E-state index in [0.717, 1.165) is 0 Å². The third-order valence-electron chi connectivity index (χ3n) is 3.21. The summed E-state index contributed by atoms with van der Waals surface area (Å²) in [5, 5.41) is 5.83. The summed E-state index contributed by atoms with van der Waals surface area (Å²) in [6, 6.07) is 5.73. The van der Waals surface area contributed by atoms with Gasteiger partial charge in [-0.25, -0.2) is 9.37 Å². The fraction of sp³-hybridized carbons (Fsp3) is 0.333. The average Bonchev–Trinajstić information content (AvgIpc) is 2.88. The summed E-state index contributed by atoms with van der Waals surface area (Å²) in [6.07, 6.45) is 3.80. The van der Waals surface area contributed by atoms with Crippen LogP contribution in [0.1, 0.15) is 23.9 Å². The number of carbonyl (C=O) groups excluding carboxylic acids is 1. The van der Waals surface area contributed by atoms with Crippen LogP contribution in [0.3, 0.4) is 0 Å². The van der Waals surface area contributed by atoms with Crippen molar-refractivity contribution in [2.45, 2.75) is 12.5 Å². The minimum absolute atomic E-state index is 0. The Bertz CT molecular complexity index is 621. The van der Waals surface area contributed by atoms with Crippen LogP contribution in [0.5, 0.6) is 0 Å².